The van der Waals surface area contributed by atoms with Crippen molar-refractivity contribution >= 4 is 22.2 Å². The van der Waals surface area contributed by atoms with Crippen LogP contribution in [0.15, 0.2) is 35.8 Å². The number of fused-ring (bicyclic) bond motifs is 1. The molecule has 1 aromatic carbocycles. The normalized spacial score (nSPS) is 12.8. The van der Waals surface area contributed by atoms with E-state index in [0.717, 1.165) is 27.2 Å². The van der Waals surface area contributed by atoms with E-state index in [9.17, 15) is 23.5 Å². The van der Waals surface area contributed by atoms with Crippen molar-refractivity contribution in [3.05, 3.63) is 57.8 Å². The lowest BCUT2D eigenvalue weighted by molar-refractivity contribution is -0.140. The van der Waals surface area contributed by atoms with Crippen LogP contribution >= 0.6 is 11.3 Å². The van der Waals surface area contributed by atoms with E-state index in [1.54, 1.807) is 6.07 Å². The summed E-state index contributed by atoms with van der Waals surface area (Å²) in [5, 5.41) is 30.7. The van der Waals surface area contributed by atoms with Crippen LogP contribution in [-0.2, 0) is 6.54 Å². The highest BCUT2D eigenvalue weighted by atomic mass is 32.1. The number of nitriles is 1. The molecule has 0 bridgehead atoms. The molecule has 4 aromatic rings. The molecule has 0 spiro atoms. The van der Waals surface area contributed by atoms with E-state index in [2.05, 4.69) is 26.3 Å². The van der Waals surface area contributed by atoms with Crippen LogP contribution in [0.2, 0.25) is 0 Å². The summed E-state index contributed by atoms with van der Waals surface area (Å²) in [6.07, 6.45) is -5.83. The molecule has 164 valence electrons. The quantitative estimate of drug-likeness (QED) is 0.455. The number of hydrogen-bond donors (Lipinski definition) is 1. The minimum absolute atomic E-state index is 0.0844. The van der Waals surface area contributed by atoms with Gasteiger partial charge in [-0.2, -0.15) is 18.4 Å². The standard InChI is InChI=1S/C21H17F3N6OS/c1-12-26-19(11-32-12)16-7-14(8-25)27-17-6-13(2-3-15(16)17)9-30-10-18(28-29-30)20(31)4-5-21(22,23)24/h2-3,6-7,10-11,20,31H,4-5,9H2,1H3/t20-/m0/s1. The summed E-state index contributed by atoms with van der Waals surface area (Å²) in [5.41, 5.74) is 3.37. The molecule has 0 aliphatic heterocycles. The molecule has 0 aliphatic carbocycles. The fourth-order valence-corrected chi connectivity index (χ4v) is 3.92. The minimum Gasteiger partial charge on any atom is -0.387 e. The Kier molecular flexibility index (Phi) is 5.90. The summed E-state index contributed by atoms with van der Waals surface area (Å²) in [4.78, 5) is 8.90. The first kappa shape index (κ1) is 21.9. The zero-order valence-corrected chi connectivity index (χ0v) is 17.7. The molecular formula is C21H17F3N6OS. The monoisotopic (exact) mass is 458 g/mol. The van der Waals surface area contributed by atoms with Gasteiger partial charge in [0.25, 0.3) is 0 Å². The lowest BCUT2D eigenvalue weighted by Crippen LogP contribution is -2.10. The van der Waals surface area contributed by atoms with E-state index >= 15 is 0 Å². The van der Waals surface area contributed by atoms with Gasteiger partial charge in [-0.05, 0) is 31.0 Å². The van der Waals surface area contributed by atoms with Crippen molar-refractivity contribution in [3.8, 4) is 17.3 Å². The Morgan fingerprint density at radius 1 is 1.25 bits per heavy atom. The van der Waals surface area contributed by atoms with Crippen molar-refractivity contribution in [2.75, 3.05) is 0 Å². The number of aliphatic hydroxyl groups excluding tert-OH is 1. The molecule has 0 unspecified atom stereocenters. The van der Waals surface area contributed by atoms with Gasteiger partial charge < -0.3 is 5.11 Å². The number of alkyl halides is 3. The Morgan fingerprint density at radius 2 is 2.06 bits per heavy atom. The molecule has 0 saturated heterocycles. The first-order valence-electron chi connectivity index (χ1n) is 9.63. The van der Waals surface area contributed by atoms with Crippen molar-refractivity contribution in [1.82, 2.24) is 25.0 Å². The molecule has 0 amide bonds. The molecule has 7 nitrogen and oxygen atoms in total. The van der Waals surface area contributed by atoms with E-state index in [4.69, 9.17) is 0 Å². The van der Waals surface area contributed by atoms with Gasteiger partial charge in [-0.25, -0.2) is 14.6 Å². The van der Waals surface area contributed by atoms with Gasteiger partial charge in [0.05, 0.1) is 35.1 Å². The Labute approximate surface area is 184 Å². The van der Waals surface area contributed by atoms with E-state index in [1.165, 1.54) is 22.2 Å². The van der Waals surface area contributed by atoms with Gasteiger partial charge in [-0.15, -0.1) is 16.4 Å². The number of aliphatic hydroxyl groups is 1. The van der Waals surface area contributed by atoms with E-state index < -0.39 is 25.1 Å². The van der Waals surface area contributed by atoms with Gasteiger partial charge in [-0.1, -0.05) is 17.3 Å². The number of rotatable bonds is 6. The third kappa shape index (κ3) is 4.92. The van der Waals surface area contributed by atoms with E-state index in [0.29, 0.717) is 5.52 Å². The molecule has 0 aliphatic rings. The second kappa shape index (κ2) is 8.64. The average Bonchev–Trinajstić information content (AvgIpc) is 3.39. The van der Waals surface area contributed by atoms with Crippen molar-refractivity contribution in [1.29, 1.82) is 5.26 Å². The summed E-state index contributed by atoms with van der Waals surface area (Å²) in [5.74, 6) is 0. The first-order valence-corrected chi connectivity index (χ1v) is 10.5. The molecule has 0 fully saturated rings. The highest BCUT2D eigenvalue weighted by Gasteiger charge is 2.29. The molecule has 0 saturated carbocycles. The zero-order valence-electron chi connectivity index (χ0n) is 16.8. The third-order valence-corrected chi connectivity index (χ3v) is 5.60. The third-order valence-electron chi connectivity index (χ3n) is 4.83. The predicted molar refractivity (Wildman–Crippen MR) is 112 cm³/mol. The fraction of sp³-hybridized carbons (Fsp3) is 0.286. The van der Waals surface area contributed by atoms with Crippen LogP contribution in [-0.4, -0.2) is 36.2 Å². The molecular weight excluding hydrogens is 441 g/mol. The lowest BCUT2D eigenvalue weighted by Gasteiger charge is -2.09. The lowest BCUT2D eigenvalue weighted by atomic mass is 10.0. The van der Waals surface area contributed by atoms with Gasteiger partial charge in [0.15, 0.2) is 0 Å². The van der Waals surface area contributed by atoms with Gasteiger partial charge in [-0.3, -0.25) is 0 Å². The van der Waals surface area contributed by atoms with Gasteiger partial charge in [0.1, 0.15) is 17.5 Å². The highest BCUT2D eigenvalue weighted by molar-refractivity contribution is 7.09. The Hall–Kier alpha value is -3.36. The largest absolute Gasteiger partial charge is 0.389 e. The van der Waals surface area contributed by atoms with Crippen LogP contribution in [0.25, 0.3) is 22.2 Å². The number of benzene rings is 1. The number of nitrogens with zero attached hydrogens (tertiary/aromatic N) is 6. The Morgan fingerprint density at radius 3 is 2.75 bits per heavy atom. The smallest absolute Gasteiger partial charge is 0.387 e. The van der Waals surface area contributed by atoms with Crippen LogP contribution in [0.1, 0.15) is 40.9 Å². The maximum absolute atomic E-state index is 12.4. The van der Waals surface area contributed by atoms with E-state index in [-0.39, 0.29) is 17.9 Å². The van der Waals surface area contributed by atoms with Crippen LogP contribution in [0.3, 0.4) is 0 Å². The maximum atomic E-state index is 12.4. The van der Waals surface area contributed by atoms with E-state index in [1.807, 2.05) is 30.5 Å². The van der Waals surface area contributed by atoms with Crippen LogP contribution in [0.4, 0.5) is 13.2 Å². The number of aryl methyl sites for hydroxylation is 1. The molecule has 11 heteroatoms. The number of hydrogen-bond acceptors (Lipinski definition) is 7. The zero-order chi connectivity index (χ0) is 22.9. The first-order chi connectivity index (χ1) is 15.2. The predicted octanol–water partition coefficient (Wildman–Crippen LogP) is 4.55. The molecule has 1 N–H and O–H groups in total. The summed E-state index contributed by atoms with van der Waals surface area (Å²) < 4.78 is 38.5. The van der Waals surface area contributed by atoms with Crippen molar-refractivity contribution in [2.24, 2.45) is 0 Å². The molecule has 3 aromatic heterocycles. The number of halogens is 3. The second-order valence-corrected chi connectivity index (χ2v) is 8.34. The van der Waals surface area contributed by atoms with Gasteiger partial charge in [0.2, 0.25) is 0 Å². The van der Waals surface area contributed by atoms with Gasteiger partial charge in [0, 0.05) is 22.8 Å². The summed E-state index contributed by atoms with van der Waals surface area (Å²) in [6, 6.07) is 9.37. The number of aromatic nitrogens is 5. The number of pyridine rings is 1. The van der Waals surface area contributed by atoms with Crippen molar-refractivity contribution in [2.45, 2.75) is 38.6 Å². The second-order valence-electron chi connectivity index (χ2n) is 7.28. The Balaban J connectivity index is 1.59. The maximum Gasteiger partial charge on any atom is 0.389 e. The van der Waals surface area contributed by atoms with Crippen molar-refractivity contribution in [3.63, 3.8) is 0 Å². The molecule has 1 atom stereocenters. The Bertz CT molecular complexity index is 1310. The van der Waals surface area contributed by atoms with Crippen molar-refractivity contribution < 1.29 is 18.3 Å². The average molecular weight is 458 g/mol. The summed E-state index contributed by atoms with van der Waals surface area (Å²) >= 11 is 1.52. The summed E-state index contributed by atoms with van der Waals surface area (Å²) in [6.45, 7) is 2.19. The minimum atomic E-state index is -4.34. The fourth-order valence-electron chi connectivity index (χ4n) is 3.31. The molecule has 4 rings (SSSR count). The highest BCUT2D eigenvalue weighted by Crippen LogP contribution is 2.30. The SMILES string of the molecule is Cc1nc(-c2cc(C#N)nc3cc(Cn4cc([C@@H](O)CCC(F)(F)F)nn4)ccc23)cs1. The molecule has 32 heavy (non-hydrogen) atoms. The van der Waals surface area contributed by atoms with Crippen LogP contribution < -0.4 is 0 Å². The van der Waals surface area contributed by atoms with Crippen LogP contribution in [0, 0.1) is 18.3 Å². The number of thiazole rings is 1. The molecule has 3 heterocycles. The summed E-state index contributed by atoms with van der Waals surface area (Å²) in [7, 11) is 0. The van der Waals surface area contributed by atoms with Gasteiger partial charge >= 0.3 is 6.18 Å². The van der Waals surface area contributed by atoms with Crippen LogP contribution in [0.5, 0.6) is 0 Å². The topological polar surface area (TPSA) is 101 Å². The molecule has 0 radical (unpaired) electrons.